The van der Waals surface area contributed by atoms with E-state index >= 15 is 4.39 Å². The summed E-state index contributed by atoms with van der Waals surface area (Å²) in [7, 11) is 0. The van der Waals surface area contributed by atoms with Crippen molar-refractivity contribution in [2.24, 2.45) is 0 Å². The molecule has 0 fully saturated rings. The molecular formula is C22H16FN5. The van der Waals surface area contributed by atoms with Crippen LogP contribution in [0.5, 0.6) is 0 Å². The summed E-state index contributed by atoms with van der Waals surface area (Å²) in [6.07, 6.45) is 0.276. The van der Waals surface area contributed by atoms with Gasteiger partial charge in [0.25, 0.3) is 0 Å². The summed E-state index contributed by atoms with van der Waals surface area (Å²) in [6.45, 7) is 2.03. The second-order valence-electron chi connectivity index (χ2n) is 6.73. The Balaban J connectivity index is 1.59. The Morgan fingerprint density at radius 2 is 1.79 bits per heavy atom. The maximum absolute atomic E-state index is 15.4. The van der Waals surface area contributed by atoms with Crippen LogP contribution in [-0.2, 0) is 0 Å². The van der Waals surface area contributed by atoms with E-state index in [1.54, 1.807) is 24.4 Å². The minimum atomic E-state index is -1.44. The zero-order valence-electron chi connectivity index (χ0n) is 15.1. The highest BCUT2D eigenvalue weighted by atomic mass is 19.1. The van der Waals surface area contributed by atoms with Gasteiger partial charge in [0, 0.05) is 17.1 Å². The monoisotopic (exact) mass is 369 g/mol. The molecule has 0 amide bonds. The van der Waals surface area contributed by atoms with Crippen molar-refractivity contribution in [3.05, 3.63) is 89.9 Å². The van der Waals surface area contributed by atoms with Gasteiger partial charge < -0.3 is 0 Å². The highest BCUT2D eigenvalue weighted by molar-refractivity contribution is 5.79. The molecule has 28 heavy (non-hydrogen) atoms. The topological polar surface area (TPSA) is 56.0 Å². The Labute approximate surface area is 160 Å². The highest BCUT2D eigenvalue weighted by Gasteiger charge is 2.21. The lowest BCUT2D eigenvalue weighted by Gasteiger charge is -2.09. The van der Waals surface area contributed by atoms with Gasteiger partial charge in [-0.2, -0.15) is 9.61 Å². The third kappa shape index (κ3) is 2.79. The number of pyridine rings is 1. The molecule has 0 N–H and O–H groups in total. The second-order valence-corrected chi connectivity index (χ2v) is 6.73. The summed E-state index contributed by atoms with van der Waals surface area (Å²) >= 11 is 0. The van der Waals surface area contributed by atoms with Crippen LogP contribution in [0.15, 0.2) is 72.9 Å². The largest absolute Gasteiger partial charge is 0.256 e. The van der Waals surface area contributed by atoms with E-state index in [9.17, 15) is 0 Å². The highest BCUT2D eigenvalue weighted by Crippen LogP contribution is 2.28. The molecule has 6 heteroatoms. The van der Waals surface area contributed by atoms with Gasteiger partial charge in [0.2, 0.25) is 0 Å². The zero-order chi connectivity index (χ0) is 19.1. The first kappa shape index (κ1) is 16.5. The Hall–Kier alpha value is -3.67. The van der Waals surface area contributed by atoms with Gasteiger partial charge in [0.15, 0.2) is 17.6 Å². The molecule has 0 radical (unpaired) electrons. The molecular weight excluding hydrogens is 353 g/mol. The van der Waals surface area contributed by atoms with Crippen molar-refractivity contribution >= 4 is 16.6 Å². The van der Waals surface area contributed by atoms with Crippen molar-refractivity contribution in [2.75, 3.05) is 0 Å². The van der Waals surface area contributed by atoms with Gasteiger partial charge in [-0.25, -0.2) is 4.39 Å². The van der Waals surface area contributed by atoms with E-state index in [-0.39, 0.29) is 5.82 Å². The molecule has 1 atom stereocenters. The first-order chi connectivity index (χ1) is 13.7. The lowest BCUT2D eigenvalue weighted by atomic mass is 10.1. The SMILES string of the molecule is Cc1ccc(-c2ccc3nnc(C(F)c4ccc5ncccc5c4)n3n2)cc1. The van der Waals surface area contributed by atoms with Crippen molar-refractivity contribution in [1.82, 2.24) is 24.8 Å². The molecule has 0 spiro atoms. The second kappa shape index (κ2) is 6.49. The van der Waals surface area contributed by atoms with Crippen molar-refractivity contribution in [2.45, 2.75) is 13.1 Å². The number of halogens is 1. The molecule has 0 aliphatic carbocycles. The number of aryl methyl sites for hydroxylation is 1. The third-order valence-electron chi connectivity index (χ3n) is 4.78. The molecule has 3 aromatic heterocycles. The van der Waals surface area contributed by atoms with Crippen LogP contribution in [0.4, 0.5) is 4.39 Å². The van der Waals surface area contributed by atoms with Crippen LogP contribution in [0, 0.1) is 6.92 Å². The van der Waals surface area contributed by atoms with E-state index in [1.165, 1.54) is 10.1 Å². The molecule has 0 aliphatic heterocycles. The van der Waals surface area contributed by atoms with Crippen LogP contribution in [-0.4, -0.2) is 24.8 Å². The van der Waals surface area contributed by atoms with Crippen molar-refractivity contribution < 1.29 is 4.39 Å². The first-order valence-corrected chi connectivity index (χ1v) is 8.97. The predicted octanol–water partition coefficient (Wildman–Crippen LogP) is 4.71. The van der Waals surface area contributed by atoms with Gasteiger partial charge in [-0.3, -0.25) is 4.98 Å². The Bertz CT molecular complexity index is 1290. The fraction of sp³-hybridized carbons (Fsp3) is 0.0909. The summed E-state index contributed by atoms with van der Waals surface area (Å²) in [4.78, 5) is 4.28. The fourth-order valence-electron chi connectivity index (χ4n) is 3.24. The summed E-state index contributed by atoms with van der Waals surface area (Å²) in [5, 5.41) is 13.6. The van der Waals surface area contributed by atoms with Gasteiger partial charge in [0.1, 0.15) is 0 Å². The van der Waals surface area contributed by atoms with Gasteiger partial charge in [-0.15, -0.1) is 10.2 Å². The Morgan fingerprint density at radius 3 is 2.64 bits per heavy atom. The van der Waals surface area contributed by atoms with Crippen LogP contribution in [0.25, 0.3) is 27.8 Å². The van der Waals surface area contributed by atoms with Gasteiger partial charge in [-0.05, 0) is 42.8 Å². The van der Waals surface area contributed by atoms with E-state index < -0.39 is 6.17 Å². The first-order valence-electron chi connectivity index (χ1n) is 8.97. The maximum Gasteiger partial charge on any atom is 0.193 e. The normalized spacial score (nSPS) is 12.5. The Morgan fingerprint density at radius 1 is 0.929 bits per heavy atom. The van der Waals surface area contributed by atoms with Crippen LogP contribution >= 0.6 is 0 Å². The number of hydrogen-bond donors (Lipinski definition) is 0. The minimum absolute atomic E-state index is 0.159. The lowest BCUT2D eigenvalue weighted by Crippen LogP contribution is -2.05. The lowest BCUT2D eigenvalue weighted by molar-refractivity contribution is 0.377. The van der Waals surface area contributed by atoms with Crippen molar-refractivity contribution in [3.63, 3.8) is 0 Å². The smallest absolute Gasteiger partial charge is 0.193 e. The molecule has 2 aromatic carbocycles. The average molecular weight is 369 g/mol. The molecule has 5 nitrogen and oxygen atoms in total. The Kier molecular flexibility index (Phi) is 3.83. The number of rotatable bonds is 3. The van der Waals surface area contributed by atoms with Crippen molar-refractivity contribution in [1.29, 1.82) is 0 Å². The molecule has 0 saturated carbocycles. The van der Waals surface area contributed by atoms with Crippen LogP contribution in [0.3, 0.4) is 0 Å². The van der Waals surface area contributed by atoms with Crippen LogP contribution < -0.4 is 0 Å². The number of fused-ring (bicyclic) bond motifs is 2. The van der Waals surface area contributed by atoms with Gasteiger partial charge >= 0.3 is 0 Å². The molecule has 136 valence electrons. The zero-order valence-corrected chi connectivity index (χ0v) is 15.1. The minimum Gasteiger partial charge on any atom is -0.256 e. The third-order valence-corrected chi connectivity index (χ3v) is 4.78. The van der Waals surface area contributed by atoms with E-state index in [2.05, 4.69) is 20.3 Å². The molecule has 5 rings (SSSR count). The maximum atomic E-state index is 15.4. The quantitative estimate of drug-likeness (QED) is 0.462. The van der Waals surface area contributed by atoms with Crippen LogP contribution in [0.2, 0.25) is 0 Å². The van der Waals surface area contributed by atoms with E-state index in [1.807, 2.05) is 55.5 Å². The molecule has 1 unspecified atom stereocenters. The molecule has 5 aromatic rings. The van der Waals surface area contributed by atoms with Crippen molar-refractivity contribution in [3.8, 4) is 11.3 Å². The fourth-order valence-corrected chi connectivity index (χ4v) is 3.24. The summed E-state index contributed by atoms with van der Waals surface area (Å²) in [6, 6.07) is 20.8. The number of alkyl halides is 1. The number of nitrogens with zero attached hydrogens (tertiary/aromatic N) is 5. The summed E-state index contributed by atoms with van der Waals surface area (Å²) in [5.74, 6) is 0.159. The number of aromatic nitrogens is 5. The predicted molar refractivity (Wildman–Crippen MR) is 106 cm³/mol. The molecule has 0 saturated heterocycles. The number of hydrogen-bond acceptors (Lipinski definition) is 4. The van der Waals surface area contributed by atoms with E-state index in [0.717, 1.165) is 22.2 Å². The summed E-state index contributed by atoms with van der Waals surface area (Å²) < 4.78 is 16.8. The van der Waals surface area contributed by atoms with Gasteiger partial charge in [-0.1, -0.05) is 42.0 Å². The van der Waals surface area contributed by atoms with Gasteiger partial charge in [0.05, 0.1) is 11.2 Å². The van der Waals surface area contributed by atoms with Crippen LogP contribution in [0.1, 0.15) is 23.1 Å². The number of benzene rings is 2. The molecule has 0 bridgehead atoms. The van der Waals surface area contributed by atoms with E-state index in [4.69, 9.17) is 0 Å². The molecule has 3 heterocycles. The molecule has 0 aliphatic rings. The van der Waals surface area contributed by atoms with E-state index in [0.29, 0.717) is 11.2 Å². The standard InChI is InChI=1S/C22H16FN5/c1-14-4-6-15(7-5-14)19-10-11-20-25-26-22(28(20)27-19)21(23)17-8-9-18-16(13-17)3-2-12-24-18/h2-13,21H,1H3. The average Bonchev–Trinajstić information content (AvgIpc) is 3.16. The summed E-state index contributed by atoms with van der Waals surface area (Å²) in [5.41, 5.74) is 4.70.